The highest BCUT2D eigenvalue weighted by Gasteiger charge is 2.13. The second-order valence-electron chi connectivity index (χ2n) is 4.75. The Morgan fingerprint density at radius 2 is 2.19 bits per heavy atom. The third-order valence-corrected chi connectivity index (χ3v) is 3.41. The maximum Gasteiger partial charge on any atom is 0.306 e. The summed E-state index contributed by atoms with van der Waals surface area (Å²) in [5.41, 5.74) is 8.30. The van der Waals surface area contributed by atoms with E-state index in [1.165, 1.54) is 0 Å². The maximum absolute atomic E-state index is 11.5. The Morgan fingerprint density at radius 1 is 1.43 bits per heavy atom. The first kappa shape index (κ1) is 14.9. The fourth-order valence-electron chi connectivity index (χ4n) is 2.43. The molecular weight excluding hydrogens is 270 g/mol. The number of fused-ring (bicyclic) bond motifs is 1. The van der Waals surface area contributed by atoms with Crippen LogP contribution >= 0.6 is 0 Å². The van der Waals surface area contributed by atoms with Crippen LogP contribution in [0, 0.1) is 0 Å². The molecule has 0 aliphatic heterocycles. The number of carbonyl (C=O) groups is 1. The third kappa shape index (κ3) is 2.99. The van der Waals surface area contributed by atoms with Crippen LogP contribution in [0.15, 0.2) is 29.6 Å². The van der Waals surface area contributed by atoms with E-state index >= 15 is 0 Å². The summed E-state index contributed by atoms with van der Waals surface area (Å²) in [5, 5.41) is 12.9. The van der Waals surface area contributed by atoms with Gasteiger partial charge in [-0.25, -0.2) is 0 Å². The molecule has 0 atom stereocenters. The lowest BCUT2D eigenvalue weighted by Gasteiger charge is -2.09. The van der Waals surface area contributed by atoms with Gasteiger partial charge in [-0.2, -0.15) is 0 Å². The van der Waals surface area contributed by atoms with Gasteiger partial charge in [-0.1, -0.05) is 11.2 Å². The first-order chi connectivity index (χ1) is 10.1. The van der Waals surface area contributed by atoms with Crippen LogP contribution in [0.2, 0.25) is 0 Å². The van der Waals surface area contributed by atoms with E-state index in [1.807, 2.05) is 29.9 Å². The SMILES string of the molecule is CCOC(=O)CCc1ccc(/C(N)=N/O)c2c1ccn2C. The Balaban J connectivity index is 2.37. The first-order valence-corrected chi connectivity index (χ1v) is 6.79. The van der Waals surface area contributed by atoms with Crippen molar-refractivity contribution < 1.29 is 14.7 Å². The predicted molar refractivity (Wildman–Crippen MR) is 80.4 cm³/mol. The van der Waals surface area contributed by atoms with Gasteiger partial charge in [0.15, 0.2) is 5.84 Å². The lowest BCUT2D eigenvalue weighted by molar-refractivity contribution is -0.143. The second kappa shape index (κ2) is 6.30. The molecule has 1 aromatic carbocycles. The molecule has 0 unspecified atom stereocenters. The van der Waals surface area contributed by atoms with Crippen molar-refractivity contribution in [2.45, 2.75) is 19.8 Å². The van der Waals surface area contributed by atoms with Crippen LogP contribution in [0.3, 0.4) is 0 Å². The predicted octanol–water partition coefficient (Wildman–Crippen LogP) is 1.77. The van der Waals surface area contributed by atoms with Gasteiger partial charge < -0.3 is 20.2 Å². The number of hydrogen-bond donors (Lipinski definition) is 2. The van der Waals surface area contributed by atoms with E-state index in [-0.39, 0.29) is 11.8 Å². The zero-order valence-corrected chi connectivity index (χ0v) is 12.2. The van der Waals surface area contributed by atoms with Crippen LogP contribution in [0.25, 0.3) is 10.9 Å². The Hall–Kier alpha value is -2.50. The van der Waals surface area contributed by atoms with Gasteiger partial charge in [0.05, 0.1) is 12.1 Å². The Bertz CT molecular complexity index is 689. The Kier molecular flexibility index (Phi) is 4.47. The topological polar surface area (TPSA) is 89.8 Å². The molecule has 112 valence electrons. The Labute approximate surface area is 122 Å². The van der Waals surface area contributed by atoms with E-state index in [4.69, 9.17) is 15.7 Å². The molecular formula is C15H19N3O3. The van der Waals surface area contributed by atoms with Crippen LogP contribution in [-0.2, 0) is 23.0 Å². The molecule has 6 nitrogen and oxygen atoms in total. The molecule has 0 amide bonds. The fraction of sp³-hybridized carbons (Fsp3) is 0.333. The Morgan fingerprint density at radius 3 is 2.86 bits per heavy atom. The van der Waals surface area contributed by atoms with E-state index in [9.17, 15) is 4.79 Å². The molecule has 0 aliphatic carbocycles. The number of benzene rings is 1. The van der Waals surface area contributed by atoms with Gasteiger partial charge >= 0.3 is 5.97 Å². The molecule has 2 aromatic rings. The summed E-state index contributed by atoms with van der Waals surface area (Å²) >= 11 is 0. The highest BCUT2D eigenvalue weighted by atomic mass is 16.5. The molecule has 1 aromatic heterocycles. The summed E-state index contributed by atoms with van der Waals surface area (Å²) < 4.78 is 6.86. The van der Waals surface area contributed by atoms with E-state index in [2.05, 4.69) is 5.16 Å². The summed E-state index contributed by atoms with van der Waals surface area (Å²) in [6.45, 7) is 2.18. The quantitative estimate of drug-likeness (QED) is 0.288. The molecule has 0 aliphatic rings. The van der Waals surface area contributed by atoms with E-state index in [1.54, 1.807) is 13.0 Å². The minimum Gasteiger partial charge on any atom is -0.466 e. The second-order valence-corrected chi connectivity index (χ2v) is 4.75. The molecule has 0 bridgehead atoms. The van der Waals surface area contributed by atoms with Gasteiger partial charge in [0.2, 0.25) is 0 Å². The average Bonchev–Trinajstić information content (AvgIpc) is 2.87. The molecule has 21 heavy (non-hydrogen) atoms. The molecule has 0 saturated heterocycles. The highest BCUT2D eigenvalue weighted by Crippen LogP contribution is 2.25. The number of aryl methyl sites for hydroxylation is 2. The van der Waals surface area contributed by atoms with Crippen molar-refractivity contribution in [1.82, 2.24) is 4.57 Å². The van der Waals surface area contributed by atoms with Crippen molar-refractivity contribution in [1.29, 1.82) is 0 Å². The van der Waals surface area contributed by atoms with Crippen LogP contribution in [0.4, 0.5) is 0 Å². The van der Waals surface area contributed by atoms with Gasteiger partial charge in [0.1, 0.15) is 0 Å². The minimum atomic E-state index is -0.206. The smallest absolute Gasteiger partial charge is 0.306 e. The molecule has 3 N–H and O–H groups in total. The summed E-state index contributed by atoms with van der Waals surface area (Å²) in [7, 11) is 1.89. The van der Waals surface area contributed by atoms with Crippen LogP contribution in [0.5, 0.6) is 0 Å². The van der Waals surface area contributed by atoms with Gasteiger partial charge in [0, 0.05) is 30.6 Å². The van der Waals surface area contributed by atoms with E-state index < -0.39 is 0 Å². The lowest BCUT2D eigenvalue weighted by Crippen LogP contribution is -2.15. The monoisotopic (exact) mass is 289 g/mol. The van der Waals surface area contributed by atoms with Crippen molar-refractivity contribution in [2.75, 3.05) is 6.61 Å². The molecule has 0 radical (unpaired) electrons. The van der Waals surface area contributed by atoms with Gasteiger partial charge in [0.25, 0.3) is 0 Å². The van der Waals surface area contributed by atoms with E-state index in [0.29, 0.717) is 25.0 Å². The number of hydrogen-bond acceptors (Lipinski definition) is 4. The van der Waals surface area contributed by atoms with Crippen molar-refractivity contribution in [3.63, 3.8) is 0 Å². The number of amidine groups is 1. The average molecular weight is 289 g/mol. The van der Waals surface area contributed by atoms with Crippen LogP contribution < -0.4 is 5.73 Å². The molecule has 0 fully saturated rings. The number of nitrogens with two attached hydrogens (primary N) is 1. The number of ether oxygens (including phenoxy) is 1. The molecule has 2 rings (SSSR count). The zero-order valence-electron chi connectivity index (χ0n) is 12.2. The summed E-state index contributed by atoms with van der Waals surface area (Å²) in [6, 6.07) is 5.66. The van der Waals surface area contributed by atoms with Gasteiger partial charge in [-0.05, 0) is 31.0 Å². The molecule has 1 heterocycles. The lowest BCUT2D eigenvalue weighted by atomic mass is 10.0. The summed E-state index contributed by atoms with van der Waals surface area (Å²) in [5.74, 6) is -0.138. The van der Waals surface area contributed by atoms with Crippen molar-refractivity contribution in [3.8, 4) is 0 Å². The zero-order chi connectivity index (χ0) is 15.4. The number of aromatic nitrogens is 1. The standard InChI is InChI=1S/C15H19N3O3/c1-3-21-13(19)7-5-10-4-6-12(15(16)17-20)14-11(10)8-9-18(14)2/h4,6,8-9,20H,3,5,7H2,1-2H3,(H2,16,17). The van der Waals surface area contributed by atoms with Gasteiger partial charge in [-0.15, -0.1) is 0 Å². The molecule has 0 saturated carbocycles. The summed E-state index contributed by atoms with van der Waals surface area (Å²) in [4.78, 5) is 11.5. The number of carbonyl (C=O) groups excluding carboxylic acids is 1. The largest absolute Gasteiger partial charge is 0.466 e. The van der Waals surface area contributed by atoms with Crippen LogP contribution in [0.1, 0.15) is 24.5 Å². The minimum absolute atomic E-state index is 0.0683. The normalized spacial score (nSPS) is 11.8. The van der Waals surface area contributed by atoms with Crippen LogP contribution in [-0.4, -0.2) is 28.2 Å². The number of nitrogens with zero attached hydrogens (tertiary/aromatic N) is 2. The van der Waals surface area contributed by atoms with Crippen molar-refractivity contribution in [3.05, 3.63) is 35.5 Å². The van der Waals surface area contributed by atoms with Gasteiger partial charge in [-0.3, -0.25) is 4.79 Å². The number of esters is 1. The number of oxime groups is 1. The van der Waals surface area contributed by atoms with E-state index in [0.717, 1.165) is 16.5 Å². The molecule has 6 heteroatoms. The molecule has 0 spiro atoms. The third-order valence-electron chi connectivity index (χ3n) is 3.41. The fourth-order valence-corrected chi connectivity index (χ4v) is 2.43. The van der Waals surface area contributed by atoms with Crippen molar-refractivity contribution in [2.24, 2.45) is 17.9 Å². The van der Waals surface area contributed by atoms with Crippen molar-refractivity contribution >= 4 is 22.7 Å². The first-order valence-electron chi connectivity index (χ1n) is 6.79. The number of rotatable bonds is 5. The highest BCUT2D eigenvalue weighted by molar-refractivity contribution is 6.08. The summed E-state index contributed by atoms with van der Waals surface area (Å²) in [6.07, 6.45) is 2.84. The maximum atomic E-state index is 11.5.